The van der Waals surface area contributed by atoms with Crippen LogP contribution < -0.4 is 5.73 Å². The van der Waals surface area contributed by atoms with Gasteiger partial charge in [-0.3, -0.25) is 0 Å². The molecule has 2 unspecified atom stereocenters. The topological polar surface area (TPSA) is 44.5 Å². The first-order chi connectivity index (χ1) is 7.72. The van der Waals surface area contributed by atoms with Crippen LogP contribution in [0.3, 0.4) is 0 Å². The molecule has 0 aromatic heterocycles. The smallest absolute Gasteiger partial charge is 0.0806 e. The van der Waals surface area contributed by atoms with Gasteiger partial charge in [0.1, 0.15) is 0 Å². The maximum atomic E-state index is 6.03. The normalized spacial score (nSPS) is 30.6. The van der Waals surface area contributed by atoms with Gasteiger partial charge in [-0.05, 0) is 32.1 Å². The predicted molar refractivity (Wildman–Crippen MR) is 66.5 cm³/mol. The Labute approximate surface area is 99.7 Å². The van der Waals surface area contributed by atoms with Gasteiger partial charge in [-0.15, -0.1) is 0 Å². The van der Waals surface area contributed by atoms with E-state index in [1.165, 1.54) is 12.8 Å². The van der Waals surface area contributed by atoms with E-state index in [0.717, 1.165) is 45.0 Å². The lowest BCUT2D eigenvalue weighted by molar-refractivity contribution is -0.0789. The maximum Gasteiger partial charge on any atom is 0.0806 e. The standard InChI is InChI=1S/C13H27NO2/c1-3-15-8-5-9-16-13(11-14)7-4-6-12(2)10-13/h12H,3-11,14H2,1-2H3. The van der Waals surface area contributed by atoms with E-state index in [1.54, 1.807) is 0 Å². The zero-order valence-corrected chi connectivity index (χ0v) is 10.8. The van der Waals surface area contributed by atoms with Gasteiger partial charge in [0.15, 0.2) is 0 Å². The second-order valence-electron chi connectivity index (χ2n) is 4.99. The van der Waals surface area contributed by atoms with Gasteiger partial charge in [0.25, 0.3) is 0 Å². The Kier molecular flexibility index (Phi) is 6.32. The summed E-state index contributed by atoms with van der Waals surface area (Å²) in [5.74, 6) is 0.754. The number of ether oxygens (including phenoxy) is 2. The third-order valence-corrected chi connectivity index (χ3v) is 3.47. The van der Waals surface area contributed by atoms with Crippen LogP contribution in [-0.4, -0.2) is 32.0 Å². The van der Waals surface area contributed by atoms with Crippen molar-refractivity contribution in [2.75, 3.05) is 26.4 Å². The van der Waals surface area contributed by atoms with Gasteiger partial charge in [0.2, 0.25) is 0 Å². The average Bonchev–Trinajstić information content (AvgIpc) is 2.29. The van der Waals surface area contributed by atoms with E-state index in [4.69, 9.17) is 15.2 Å². The summed E-state index contributed by atoms with van der Waals surface area (Å²) in [6, 6.07) is 0. The van der Waals surface area contributed by atoms with E-state index < -0.39 is 0 Å². The van der Waals surface area contributed by atoms with Crippen LogP contribution >= 0.6 is 0 Å². The molecule has 1 saturated carbocycles. The van der Waals surface area contributed by atoms with Crippen molar-refractivity contribution in [3.05, 3.63) is 0 Å². The molecule has 0 aliphatic heterocycles. The number of hydrogen-bond acceptors (Lipinski definition) is 3. The Morgan fingerprint density at radius 1 is 1.38 bits per heavy atom. The molecule has 16 heavy (non-hydrogen) atoms. The lowest BCUT2D eigenvalue weighted by Crippen LogP contribution is -2.44. The Hall–Kier alpha value is -0.120. The van der Waals surface area contributed by atoms with Crippen molar-refractivity contribution in [2.45, 2.75) is 51.6 Å². The van der Waals surface area contributed by atoms with E-state index in [9.17, 15) is 0 Å². The zero-order chi connectivity index (χ0) is 11.9. The van der Waals surface area contributed by atoms with Crippen LogP contribution in [0.5, 0.6) is 0 Å². The second-order valence-corrected chi connectivity index (χ2v) is 4.99. The van der Waals surface area contributed by atoms with Gasteiger partial charge in [0.05, 0.1) is 5.60 Å². The van der Waals surface area contributed by atoms with Crippen LogP contribution in [0.25, 0.3) is 0 Å². The molecule has 0 aromatic carbocycles. The van der Waals surface area contributed by atoms with Crippen molar-refractivity contribution >= 4 is 0 Å². The SMILES string of the molecule is CCOCCCOC1(CN)CCCC(C)C1. The van der Waals surface area contributed by atoms with Crippen molar-refractivity contribution in [3.63, 3.8) is 0 Å². The monoisotopic (exact) mass is 229 g/mol. The van der Waals surface area contributed by atoms with Gasteiger partial charge < -0.3 is 15.2 Å². The van der Waals surface area contributed by atoms with E-state index in [-0.39, 0.29) is 5.60 Å². The first-order valence-corrected chi connectivity index (χ1v) is 6.64. The van der Waals surface area contributed by atoms with E-state index in [1.807, 2.05) is 6.92 Å². The summed E-state index contributed by atoms with van der Waals surface area (Å²) < 4.78 is 11.3. The van der Waals surface area contributed by atoms with Crippen LogP contribution in [0, 0.1) is 5.92 Å². The lowest BCUT2D eigenvalue weighted by Gasteiger charge is -2.39. The molecule has 0 bridgehead atoms. The quantitative estimate of drug-likeness (QED) is 0.681. The second kappa shape index (κ2) is 7.25. The molecule has 0 radical (unpaired) electrons. The molecule has 1 fully saturated rings. The summed E-state index contributed by atoms with van der Waals surface area (Å²) in [6.07, 6.45) is 5.80. The summed E-state index contributed by atoms with van der Waals surface area (Å²) in [7, 11) is 0. The minimum absolute atomic E-state index is 0.0378. The number of rotatable bonds is 7. The molecule has 2 N–H and O–H groups in total. The van der Waals surface area contributed by atoms with Crippen LogP contribution in [0.15, 0.2) is 0 Å². The fourth-order valence-electron chi connectivity index (χ4n) is 2.58. The van der Waals surface area contributed by atoms with E-state index in [0.29, 0.717) is 6.54 Å². The Bertz CT molecular complexity index is 187. The average molecular weight is 229 g/mol. The van der Waals surface area contributed by atoms with Gasteiger partial charge >= 0.3 is 0 Å². The van der Waals surface area contributed by atoms with Crippen molar-refractivity contribution in [1.29, 1.82) is 0 Å². The summed E-state index contributed by atoms with van der Waals surface area (Å²) in [6.45, 7) is 7.35. The zero-order valence-electron chi connectivity index (χ0n) is 10.8. The third-order valence-electron chi connectivity index (χ3n) is 3.47. The van der Waals surface area contributed by atoms with Crippen molar-refractivity contribution in [2.24, 2.45) is 11.7 Å². The number of hydrogen-bond donors (Lipinski definition) is 1. The molecule has 2 atom stereocenters. The Morgan fingerprint density at radius 2 is 2.19 bits per heavy atom. The highest BCUT2D eigenvalue weighted by Crippen LogP contribution is 2.34. The predicted octanol–water partition coefficient (Wildman–Crippen LogP) is 2.34. The van der Waals surface area contributed by atoms with E-state index in [2.05, 4.69) is 6.92 Å². The molecule has 0 spiro atoms. The van der Waals surface area contributed by atoms with Crippen molar-refractivity contribution < 1.29 is 9.47 Å². The molecule has 3 heteroatoms. The molecule has 1 aliphatic rings. The minimum atomic E-state index is -0.0378. The van der Waals surface area contributed by atoms with Gasteiger partial charge in [-0.25, -0.2) is 0 Å². The highest BCUT2D eigenvalue weighted by Gasteiger charge is 2.34. The van der Waals surface area contributed by atoms with E-state index >= 15 is 0 Å². The molecule has 96 valence electrons. The van der Waals surface area contributed by atoms with Crippen LogP contribution in [0.4, 0.5) is 0 Å². The molecule has 1 rings (SSSR count). The summed E-state index contributed by atoms with van der Waals surface area (Å²) in [5.41, 5.74) is 5.85. The molecular formula is C13H27NO2. The largest absolute Gasteiger partial charge is 0.382 e. The van der Waals surface area contributed by atoms with Gasteiger partial charge in [-0.1, -0.05) is 19.8 Å². The third kappa shape index (κ3) is 4.40. The van der Waals surface area contributed by atoms with Crippen LogP contribution in [0.2, 0.25) is 0 Å². The molecule has 1 aliphatic carbocycles. The fourth-order valence-corrected chi connectivity index (χ4v) is 2.58. The van der Waals surface area contributed by atoms with Crippen molar-refractivity contribution in [1.82, 2.24) is 0 Å². The Balaban J connectivity index is 2.24. The molecular weight excluding hydrogens is 202 g/mol. The van der Waals surface area contributed by atoms with Crippen molar-refractivity contribution in [3.8, 4) is 0 Å². The number of nitrogens with two attached hydrogens (primary N) is 1. The maximum absolute atomic E-state index is 6.03. The summed E-state index contributed by atoms with van der Waals surface area (Å²) in [4.78, 5) is 0. The summed E-state index contributed by atoms with van der Waals surface area (Å²) >= 11 is 0. The highest BCUT2D eigenvalue weighted by molar-refractivity contribution is 4.87. The minimum Gasteiger partial charge on any atom is -0.382 e. The Morgan fingerprint density at radius 3 is 2.81 bits per heavy atom. The highest BCUT2D eigenvalue weighted by atomic mass is 16.5. The summed E-state index contributed by atoms with van der Waals surface area (Å²) in [5, 5.41) is 0. The molecule has 0 aromatic rings. The first kappa shape index (κ1) is 13.9. The first-order valence-electron chi connectivity index (χ1n) is 6.64. The fraction of sp³-hybridized carbons (Fsp3) is 1.00. The molecule has 0 heterocycles. The van der Waals surface area contributed by atoms with Crippen LogP contribution in [0.1, 0.15) is 46.0 Å². The lowest BCUT2D eigenvalue weighted by atomic mass is 9.79. The molecule has 0 amide bonds. The van der Waals surface area contributed by atoms with Gasteiger partial charge in [-0.2, -0.15) is 0 Å². The van der Waals surface area contributed by atoms with Gasteiger partial charge in [0, 0.05) is 26.4 Å². The molecule has 0 saturated heterocycles. The molecule has 3 nitrogen and oxygen atoms in total. The van der Waals surface area contributed by atoms with Crippen LogP contribution in [-0.2, 0) is 9.47 Å².